The van der Waals surface area contributed by atoms with E-state index in [0.717, 1.165) is 19.3 Å². The predicted molar refractivity (Wildman–Crippen MR) is 72.5 cm³/mol. The zero-order valence-electron chi connectivity index (χ0n) is 11.5. The molecule has 0 saturated heterocycles. The van der Waals surface area contributed by atoms with Gasteiger partial charge in [-0.15, -0.1) is 0 Å². The van der Waals surface area contributed by atoms with Crippen molar-refractivity contribution in [2.45, 2.75) is 38.6 Å². The normalized spacial score (nSPS) is 12.9. The standard InChI is InChI=1S/C11H22N2O6S/c1-2-3-4-6-13-9(8-10(14)15)11(16)19-20(17,18)7-5-12/h9,13H,2-8,12H2,1H3,(H,14,15)/t9-/m0/s1. The van der Waals surface area contributed by atoms with Crippen molar-refractivity contribution >= 4 is 22.1 Å². The number of rotatable bonds is 11. The van der Waals surface area contributed by atoms with E-state index < -0.39 is 40.3 Å². The lowest BCUT2D eigenvalue weighted by atomic mass is 10.2. The predicted octanol–water partition coefficient (Wildman–Crippen LogP) is -0.559. The van der Waals surface area contributed by atoms with Crippen molar-refractivity contribution < 1.29 is 27.3 Å². The van der Waals surface area contributed by atoms with E-state index in [1.165, 1.54) is 0 Å². The number of hydrogen-bond acceptors (Lipinski definition) is 7. The molecule has 1 atom stereocenters. The van der Waals surface area contributed by atoms with Gasteiger partial charge in [-0.2, -0.15) is 8.42 Å². The van der Waals surface area contributed by atoms with Gasteiger partial charge in [0.1, 0.15) is 6.04 Å². The molecule has 0 radical (unpaired) electrons. The summed E-state index contributed by atoms with van der Waals surface area (Å²) >= 11 is 0. The molecule has 0 fully saturated rings. The van der Waals surface area contributed by atoms with Crippen LogP contribution in [0, 0.1) is 0 Å². The average molecular weight is 310 g/mol. The maximum atomic E-state index is 11.7. The number of carbonyl (C=O) groups excluding carboxylic acids is 1. The van der Waals surface area contributed by atoms with Gasteiger partial charge in [-0.25, -0.2) is 4.79 Å². The second-order valence-electron chi connectivity index (χ2n) is 4.26. The summed E-state index contributed by atoms with van der Waals surface area (Å²) in [6, 6.07) is -1.18. The Balaban J connectivity index is 4.52. The molecule has 4 N–H and O–H groups in total. The zero-order chi connectivity index (χ0) is 15.6. The minimum absolute atomic E-state index is 0.177. The van der Waals surface area contributed by atoms with Crippen molar-refractivity contribution in [3.05, 3.63) is 0 Å². The highest BCUT2D eigenvalue weighted by Crippen LogP contribution is 2.02. The molecule has 118 valence electrons. The number of carbonyl (C=O) groups is 2. The van der Waals surface area contributed by atoms with Crippen LogP contribution in [-0.2, 0) is 23.9 Å². The van der Waals surface area contributed by atoms with Crippen molar-refractivity contribution in [3.8, 4) is 0 Å². The summed E-state index contributed by atoms with van der Waals surface area (Å²) in [5.41, 5.74) is 5.08. The molecule has 0 saturated carbocycles. The first-order valence-corrected chi connectivity index (χ1v) is 8.01. The number of unbranched alkanes of at least 4 members (excludes halogenated alkanes) is 2. The van der Waals surface area contributed by atoms with Gasteiger partial charge in [-0.1, -0.05) is 19.8 Å². The lowest BCUT2D eigenvalue weighted by Crippen LogP contribution is -2.41. The second kappa shape index (κ2) is 9.67. The number of hydrogen-bond donors (Lipinski definition) is 3. The van der Waals surface area contributed by atoms with Gasteiger partial charge in [0, 0.05) is 6.54 Å². The van der Waals surface area contributed by atoms with Crippen LogP contribution in [-0.4, -0.2) is 50.3 Å². The van der Waals surface area contributed by atoms with Gasteiger partial charge in [0.05, 0.1) is 12.2 Å². The molecule has 0 spiro atoms. The third-order valence-electron chi connectivity index (χ3n) is 2.41. The molecule has 0 unspecified atom stereocenters. The molecular weight excluding hydrogens is 288 g/mol. The quantitative estimate of drug-likeness (QED) is 0.341. The first kappa shape index (κ1) is 18.8. The van der Waals surface area contributed by atoms with Gasteiger partial charge >= 0.3 is 22.1 Å². The van der Waals surface area contributed by atoms with Crippen LogP contribution in [0.2, 0.25) is 0 Å². The summed E-state index contributed by atoms with van der Waals surface area (Å²) in [5, 5.41) is 11.4. The summed E-state index contributed by atoms with van der Waals surface area (Å²) in [7, 11) is -4.05. The average Bonchev–Trinajstić information content (AvgIpc) is 2.31. The van der Waals surface area contributed by atoms with Crippen LogP contribution in [0.3, 0.4) is 0 Å². The van der Waals surface area contributed by atoms with Gasteiger partial charge in [0.15, 0.2) is 0 Å². The lowest BCUT2D eigenvalue weighted by molar-refractivity contribution is -0.144. The molecule has 0 aliphatic heterocycles. The van der Waals surface area contributed by atoms with Crippen LogP contribution in [0.25, 0.3) is 0 Å². The lowest BCUT2D eigenvalue weighted by Gasteiger charge is -2.15. The summed E-state index contributed by atoms with van der Waals surface area (Å²) in [6.07, 6.45) is 2.12. The molecule has 0 heterocycles. The maximum absolute atomic E-state index is 11.7. The zero-order valence-corrected chi connectivity index (χ0v) is 12.3. The van der Waals surface area contributed by atoms with Gasteiger partial charge in [0.25, 0.3) is 0 Å². The smallest absolute Gasteiger partial charge is 0.339 e. The van der Waals surface area contributed by atoms with Gasteiger partial charge in [-0.3, -0.25) is 4.79 Å². The molecule has 8 nitrogen and oxygen atoms in total. The number of nitrogens with one attached hydrogen (secondary N) is 1. The highest BCUT2D eigenvalue weighted by Gasteiger charge is 2.27. The molecule has 0 rings (SSSR count). The third-order valence-corrected chi connectivity index (χ3v) is 3.57. The van der Waals surface area contributed by atoms with E-state index in [1.807, 2.05) is 6.92 Å². The van der Waals surface area contributed by atoms with Crippen LogP contribution in [0.1, 0.15) is 32.6 Å². The molecule has 0 aliphatic carbocycles. The number of aliphatic carboxylic acids is 1. The van der Waals surface area contributed by atoms with E-state index in [-0.39, 0.29) is 6.54 Å². The molecule has 0 bridgehead atoms. The van der Waals surface area contributed by atoms with Gasteiger partial charge in [-0.05, 0) is 13.0 Å². The molecule has 0 aromatic heterocycles. The third kappa shape index (κ3) is 8.83. The van der Waals surface area contributed by atoms with Gasteiger partial charge in [0.2, 0.25) is 0 Å². The monoisotopic (exact) mass is 310 g/mol. The van der Waals surface area contributed by atoms with Crippen LogP contribution in [0.5, 0.6) is 0 Å². The fraction of sp³-hybridized carbons (Fsp3) is 0.818. The highest BCUT2D eigenvalue weighted by atomic mass is 32.2. The van der Waals surface area contributed by atoms with E-state index in [4.69, 9.17) is 10.8 Å². The van der Waals surface area contributed by atoms with Crippen molar-refractivity contribution in [2.24, 2.45) is 5.73 Å². The number of nitrogens with two attached hydrogens (primary N) is 1. The molecule has 20 heavy (non-hydrogen) atoms. The first-order valence-electron chi connectivity index (χ1n) is 6.43. The number of carboxylic acid groups (broad SMARTS) is 1. The molecular formula is C11H22N2O6S. The van der Waals surface area contributed by atoms with Crippen LogP contribution >= 0.6 is 0 Å². The summed E-state index contributed by atoms with van der Waals surface area (Å²) in [5.74, 6) is -2.82. The molecule has 9 heteroatoms. The van der Waals surface area contributed by atoms with Crippen LogP contribution < -0.4 is 11.1 Å². The highest BCUT2D eigenvalue weighted by molar-refractivity contribution is 7.87. The summed E-state index contributed by atoms with van der Waals surface area (Å²) < 4.78 is 26.9. The van der Waals surface area contributed by atoms with Crippen molar-refractivity contribution in [1.29, 1.82) is 0 Å². The summed E-state index contributed by atoms with van der Waals surface area (Å²) in [6.45, 7) is 2.24. The topological polar surface area (TPSA) is 136 Å². The van der Waals surface area contributed by atoms with Crippen molar-refractivity contribution in [2.75, 3.05) is 18.8 Å². The van der Waals surface area contributed by atoms with Crippen molar-refractivity contribution in [3.63, 3.8) is 0 Å². The Morgan fingerprint density at radius 1 is 1.35 bits per heavy atom. The van der Waals surface area contributed by atoms with E-state index in [0.29, 0.717) is 6.54 Å². The second-order valence-corrected chi connectivity index (χ2v) is 5.95. The largest absolute Gasteiger partial charge is 0.481 e. The fourth-order valence-electron chi connectivity index (χ4n) is 1.43. The minimum atomic E-state index is -4.05. The molecule has 0 amide bonds. The van der Waals surface area contributed by atoms with Gasteiger partial charge < -0.3 is 20.3 Å². The van der Waals surface area contributed by atoms with Crippen LogP contribution in [0.15, 0.2) is 0 Å². The van der Waals surface area contributed by atoms with E-state index in [2.05, 4.69) is 9.50 Å². The van der Waals surface area contributed by atoms with E-state index >= 15 is 0 Å². The summed E-state index contributed by atoms with van der Waals surface area (Å²) in [4.78, 5) is 22.3. The van der Waals surface area contributed by atoms with E-state index in [9.17, 15) is 18.0 Å². The van der Waals surface area contributed by atoms with Crippen molar-refractivity contribution in [1.82, 2.24) is 5.32 Å². The van der Waals surface area contributed by atoms with E-state index in [1.54, 1.807) is 0 Å². The first-order chi connectivity index (χ1) is 9.32. The molecule has 0 aromatic carbocycles. The molecule has 0 aromatic rings. The Morgan fingerprint density at radius 2 is 2.00 bits per heavy atom. The Morgan fingerprint density at radius 3 is 2.50 bits per heavy atom. The maximum Gasteiger partial charge on any atom is 0.339 e. The van der Waals surface area contributed by atoms with Crippen LogP contribution in [0.4, 0.5) is 0 Å². The minimum Gasteiger partial charge on any atom is -0.481 e. The Labute approximate surface area is 118 Å². The molecule has 0 aliphatic rings. The Kier molecular flexibility index (Phi) is 9.10. The Bertz CT molecular complexity index is 409. The fourth-order valence-corrected chi connectivity index (χ4v) is 2.17. The Hall–Kier alpha value is -1.19. The SMILES string of the molecule is CCCCCN[C@@H](CC(=O)O)C(=O)OS(=O)(=O)CCN. The number of carboxylic acids is 1.